The fraction of sp³-hybridized carbons (Fsp3) is 1.00. The van der Waals surface area contributed by atoms with Crippen LogP contribution in [0.5, 0.6) is 0 Å². The summed E-state index contributed by atoms with van der Waals surface area (Å²) in [5, 5.41) is 50.2. The molecule has 44 heavy (non-hydrogen) atoms. The van der Waals surface area contributed by atoms with Gasteiger partial charge < -0.3 is 61.6 Å². The molecule has 0 bridgehead atoms. The van der Waals surface area contributed by atoms with E-state index in [9.17, 15) is 25.5 Å². The molecule has 0 amide bonds. The van der Waals surface area contributed by atoms with Crippen LogP contribution in [0.4, 0.5) is 0 Å². The van der Waals surface area contributed by atoms with Gasteiger partial charge in [-0.2, -0.15) is 0 Å². The van der Waals surface area contributed by atoms with E-state index in [1.54, 1.807) is 42.7 Å². The molecule has 0 heterocycles. The van der Waals surface area contributed by atoms with Crippen LogP contribution in [-0.2, 0) is 36.0 Å². The molecule has 5 N–H and O–H groups in total. The van der Waals surface area contributed by atoms with E-state index in [0.717, 1.165) is 31.7 Å². The van der Waals surface area contributed by atoms with Crippen LogP contribution in [0.25, 0.3) is 0 Å². The Kier molecular flexibility index (Phi) is 26.1. The predicted molar refractivity (Wildman–Crippen MR) is 173 cm³/mol. The molecular formula is C27H63NO13Si3. The highest BCUT2D eigenvalue weighted by Crippen LogP contribution is 2.17. The van der Waals surface area contributed by atoms with Crippen LogP contribution in [0, 0.1) is 0 Å². The minimum absolute atomic E-state index is 0.0697. The Hall–Kier alpha value is 0.0906. The Morgan fingerprint density at radius 1 is 0.500 bits per heavy atom. The first-order valence-corrected chi connectivity index (χ1v) is 22.2. The van der Waals surface area contributed by atoms with Crippen molar-refractivity contribution >= 4 is 25.7 Å². The van der Waals surface area contributed by atoms with E-state index >= 15 is 0 Å². The number of nitrogens with zero attached hydrogens (tertiary/aromatic N) is 1. The first-order valence-electron chi connectivity index (χ1n) is 15.5. The van der Waals surface area contributed by atoms with E-state index in [2.05, 4.69) is 0 Å². The molecule has 0 rings (SSSR count). The molecule has 2 unspecified atom stereocenters. The summed E-state index contributed by atoms with van der Waals surface area (Å²) >= 11 is 0. The van der Waals surface area contributed by atoms with Crippen molar-refractivity contribution in [2.24, 2.45) is 0 Å². The molecule has 0 aliphatic carbocycles. The Balaban J connectivity index is 4.76. The summed E-state index contributed by atoms with van der Waals surface area (Å²) in [6.45, 7) is 2.46. The average molecular weight is 694 g/mol. The van der Waals surface area contributed by atoms with Crippen LogP contribution in [0.1, 0.15) is 38.5 Å². The van der Waals surface area contributed by atoms with E-state index in [4.69, 9.17) is 36.0 Å². The molecule has 0 spiro atoms. The third-order valence-corrected chi connectivity index (χ3v) is 17.2. The van der Waals surface area contributed by atoms with Crippen LogP contribution in [0.3, 0.4) is 0 Å². The molecule has 0 radical (unpaired) electrons. The summed E-state index contributed by atoms with van der Waals surface area (Å²) in [4.78, 5) is 2.03. The number of hydrogen-bond acceptors (Lipinski definition) is 14. The molecule has 14 nitrogen and oxygen atoms in total. The number of aliphatic hydroxyl groups is 5. The maximum absolute atomic E-state index is 10.7. The van der Waals surface area contributed by atoms with Gasteiger partial charge in [0, 0.05) is 69.0 Å². The number of aliphatic hydroxyl groups excluding tert-OH is 5. The standard InChI is InChI=1S/C27H63NO13Si3/c1-34-42(23-29,35-2)16-10-8-7-9-13-28(19-26(32)21-40-14-11-17-43(24-30,36-3)37-4)20-27(33)22-41-15-12-18-44(25-31,38-5)39-6/h26-27,29-33H,7-25H2,1-6H3. The second-order valence-corrected chi connectivity index (χ2v) is 21.4. The highest BCUT2D eigenvalue weighted by Gasteiger charge is 2.35. The lowest BCUT2D eigenvalue weighted by Gasteiger charge is -2.28. The van der Waals surface area contributed by atoms with E-state index in [1.807, 2.05) is 4.90 Å². The average Bonchev–Trinajstić information content (AvgIpc) is 3.05. The van der Waals surface area contributed by atoms with E-state index in [-0.39, 0.29) is 31.9 Å². The number of rotatable bonds is 32. The third-order valence-electron chi connectivity index (χ3n) is 7.99. The van der Waals surface area contributed by atoms with Gasteiger partial charge in [-0.15, -0.1) is 0 Å². The third kappa shape index (κ3) is 17.9. The van der Waals surface area contributed by atoms with Gasteiger partial charge in [0.05, 0.1) is 44.1 Å². The number of hydrogen-bond donors (Lipinski definition) is 5. The molecule has 0 aromatic heterocycles. The molecule has 0 aromatic carbocycles. The molecular weight excluding hydrogens is 631 g/mol. The topological polar surface area (TPSA) is 178 Å². The summed E-state index contributed by atoms with van der Waals surface area (Å²) in [5.41, 5.74) is 0. The van der Waals surface area contributed by atoms with Crippen molar-refractivity contribution in [3.63, 3.8) is 0 Å². The summed E-state index contributed by atoms with van der Waals surface area (Å²) in [5.74, 6) is 0. The Bertz CT molecular complexity index is 600. The van der Waals surface area contributed by atoms with Crippen LogP contribution >= 0.6 is 0 Å². The zero-order valence-electron chi connectivity index (χ0n) is 28.0. The van der Waals surface area contributed by atoms with Gasteiger partial charge in [0.2, 0.25) is 0 Å². The Morgan fingerprint density at radius 2 is 0.841 bits per heavy atom. The van der Waals surface area contributed by atoms with E-state index in [1.165, 1.54) is 0 Å². The lowest BCUT2D eigenvalue weighted by Crippen LogP contribution is -2.45. The van der Waals surface area contributed by atoms with Gasteiger partial charge in [-0.25, -0.2) is 0 Å². The maximum atomic E-state index is 10.7. The minimum Gasteiger partial charge on any atom is -0.396 e. The summed E-state index contributed by atoms with van der Waals surface area (Å²) in [6, 6.07) is 1.89. The highest BCUT2D eigenvalue weighted by molar-refractivity contribution is 6.67. The zero-order chi connectivity index (χ0) is 33.3. The van der Waals surface area contributed by atoms with Crippen molar-refractivity contribution in [2.45, 2.75) is 68.9 Å². The van der Waals surface area contributed by atoms with E-state index < -0.39 is 37.9 Å². The van der Waals surface area contributed by atoms with Crippen molar-refractivity contribution in [3.05, 3.63) is 0 Å². The highest BCUT2D eigenvalue weighted by atomic mass is 28.4. The van der Waals surface area contributed by atoms with Crippen LogP contribution in [0.2, 0.25) is 18.1 Å². The van der Waals surface area contributed by atoms with Crippen molar-refractivity contribution in [3.8, 4) is 0 Å². The molecule has 0 aliphatic rings. The Labute approximate surface area is 268 Å². The first-order chi connectivity index (χ1) is 21.1. The molecule has 0 fully saturated rings. The van der Waals surface area contributed by atoms with Crippen molar-refractivity contribution < 1.29 is 61.6 Å². The second kappa shape index (κ2) is 26.1. The van der Waals surface area contributed by atoms with Crippen LogP contribution in [0.15, 0.2) is 0 Å². The first kappa shape index (κ1) is 44.1. The van der Waals surface area contributed by atoms with Gasteiger partial charge in [0.1, 0.15) is 0 Å². The maximum Gasteiger partial charge on any atom is 0.364 e. The smallest absolute Gasteiger partial charge is 0.364 e. The lowest BCUT2D eigenvalue weighted by atomic mass is 10.2. The lowest BCUT2D eigenvalue weighted by molar-refractivity contribution is -0.0106. The molecule has 17 heteroatoms. The number of unbranched alkanes of at least 4 members (excludes halogenated alkanes) is 3. The van der Waals surface area contributed by atoms with Crippen molar-refractivity contribution in [1.82, 2.24) is 4.90 Å². The largest absolute Gasteiger partial charge is 0.396 e. The number of ether oxygens (including phenoxy) is 2. The molecule has 0 aliphatic heterocycles. The monoisotopic (exact) mass is 693 g/mol. The van der Waals surface area contributed by atoms with E-state index in [0.29, 0.717) is 57.8 Å². The van der Waals surface area contributed by atoms with Crippen LogP contribution in [-0.4, -0.2) is 176 Å². The van der Waals surface area contributed by atoms with Gasteiger partial charge in [-0.3, -0.25) is 4.90 Å². The summed E-state index contributed by atoms with van der Waals surface area (Å²) in [7, 11) is 1.63. The van der Waals surface area contributed by atoms with Gasteiger partial charge in [0.25, 0.3) is 0 Å². The molecule has 0 saturated carbocycles. The van der Waals surface area contributed by atoms with Gasteiger partial charge in [-0.05, 0) is 43.9 Å². The van der Waals surface area contributed by atoms with Gasteiger partial charge in [-0.1, -0.05) is 19.3 Å². The summed E-state index contributed by atoms with van der Waals surface area (Å²) < 4.78 is 43.9. The van der Waals surface area contributed by atoms with Gasteiger partial charge >= 0.3 is 25.7 Å². The van der Waals surface area contributed by atoms with Crippen molar-refractivity contribution in [1.29, 1.82) is 0 Å². The van der Waals surface area contributed by atoms with Crippen LogP contribution < -0.4 is 0 Å². The fourth-order valence-electron chi connectivity index (χ4n) is 4.85. The molecule has 2 atom stereocenters. The fourth-order valence-corrected chi connectivity index (χ4v) is 9.98. The normalized spacial score (nSPS) is 14.5. The molecule has 0 saturated heterocycles. The van der Waals surface area contributed by atoms with Crippen molar-refractivity contribution in [2.75, 3.05) is 107 Å². The molecule has 0 aromatic rings. The zero-order valence-corrected chi connectivity index (χ0v) is 31.0. The summed E-state index contributed by atoms with van der Waals surface area (Å²) in [6.07, 6.45) is 3.14. The predicted octanol–water partition coefficient (Wildman–Crippen LogP) is 0.184. The Morgan fingerprint density at radius 3 is 1.18 bits per heavy atom. The minimum atomic E-state index is -2.59. The quantitative estimate of drug-likeness (QED) is 0.0476. The SMILES string of the molecule is CO[Si](CO)(CCCCCCN(CC(O)COCCC[Si](CO)(OC)OC)CC(O)COCCC[Si](CO)(OC)OC)OC. The molecule has 266 valence electrons. The van der Waals surface area contributed by atoms with Gasteiger partial charge in [0.15, 0.2) is 0 Å². The second-order valence-electron chi connectivity index (χ2n) is 11.0.